The van der Waals surface area contributed by atoms with Crippen molar-refractivity contribution in [1.29, 1.82) is 0 Å². The van der Waals surface area contributed by atoms with Gasteiger partial charge in [-0.15, -0.1) is 0 Å². The first-order valence-electron chi connectivity index (χ1n) is 9.39. The molecule has 0 amide bonds. The molecule has 5 heteroatoms. The molecule has 0 aliphatic rings. The molecular weight excluding hydrogens is 322 g/mol. The Morgan fingerprint density at radius 3 is 2.42 bits per heavy atom. The second kappa shape index (κ2) is 10.0. The third-order valence-electron chi connectivity index (χ3n) is 4.77. The summed E-state index contributed by atoms with van der Waals surface area (Å²) in [6, 6.07) is 13.0. The maximum Gasteiger partial charge on any atom is 0.194 e. The number of aromatic nitrogens is 1. The maximum absolute atomic E-state index is 4.42. The number of hydrogen-bond donors (Lipinski definition) is 1. The Balaban J connectivity index is 1.94. The Kier molecular flexibility index (Phi) is 7.73. The summed E-state index contributed by atoms with van der Waals surface area (Å²) in [5.74, 6) is 0.903. The lowest BCUT2D eigenvalue weighted by Gasteiger charge is -2.23. The van der Waals surface area contributed by atoms with Crippen LogP contribution in [0.15, 0.2) is 47.6 Å². The largest absolute Gasteiger partial charge is 0.353 e. The van der Waals surface area contributed by atoms with Crippen LogP contribution in [0.4, 0.5) is 0 Å². The first-order chi connectivity index (χ1) is 12.6. The lowest BCUT2D eigenvalue weighted by molar-refractivity contribution is 0.296. The molecule has 2 rings (SSSR count). The van der Waals surface area contributed by atoms with Crippen LogP contribution in [-0.2, 0) is 26.7 Å². The molecule has 0 spiro atoms. The highest BCUT2D eigenvalue weighted by molar-refractivity contribution is 5.79. The first kappa shape index (κ1) is 20.0. The summed E-state index contributed by atoms with van der Waals surface area (Å²) in [6.45, 7) is 9.18. The molecule has 26 heavy (non-hydrogen) atoms. The minimum Gasteiger partial charge on any atom is -0.353 e. The van der Waals surface area contributed by atoms with Crippen LogP contribution in [0.25, 0.3) is 0 Å². The predicted molar refractivity (Wildman–Crippen MR) is 110 cm³/mol. The number of nitrogens with zero attached hydrogens (tertiary/aromatic N) is 4. The highest BCUT2D eigenvalue weighted by Crippen LogP contribution is 2.09. The summed E-state index contributed by atoms with van der Waals surface area (Å²) in [4.78, 5) is 9.00. The predicted octanol–water partition coefficient (Wildman–Crippen LogP) is 3.07. The van der Waals surface area contributed by atoms with Crippen LogP contribution in [0.3, 0.4) is 0 Å². The van der Waals surface area contributed by atoms with E-state index in [1.165, 1.54) is 16.8 Å². The molecular formula is C21H33N5. The highest BCUT2D eigenvalue weighted by Gasteiger charge is 2.09. The summed E-state index contributed by atoms with van der Waals surface area (Å²) in [7, 11) is 5.97. The van der Waals surface area contributed by atoms with Crippen molar-refractivity contribution in [2.45, 2.75) is 33.5 Å². The summed E-state index contributed by atoms with van der Waals surface area (Å²) in [5.41, 5.74) is 3.90. The van der Waals surface area contributed by atoms with E-state index in [1.54, 1.807) is 0 Å². The lowest BCUT2D eigenvalue weighted by Crippen LogP contribution is -2.38. The molecule has 142 valence electrons. The van der Waals surface area contributed by atoms with E-state index in [1.807, 2.05) is 7.05 Å². The van der Waals surface area contributed by atoms with Gasteiger partial charge < -0.3 is 14.8 Å². The van der Waals surface area contributed by atoms with Crippen LogP contribution in [0, 0.1) is 0 Å². The quantitative estimate of drug-likeness (QED) is 0.584. The van der Waals surface area contributed by atoms with Crippen molar-refractivity contribution in [3.63, 3.8) is 0 Å². The van der Waals surface area contributed by atoms with Gasteiger partial charge in [0.05, 0.1) is 6.54 Å². The second-order valence-corrected chi connectivity index (χ2v) is 6.65. The smallest absolute Gasteiger partial charge is 0.194 e. The molecule has 1 heterocycles. The average Bonchev–Trinajstić information content (AvgIpc) is 3.05. The number of rotatable bonds is 8. The number of nitrogens with one attached hydrogen (secondary N) is 1. The van der Waals surface area contributed by atoms with E-state index in [0.29, 0.717) is 0 Å². The van der Waals surface area contributed by atoms with Crippen LogP contribution < -0.4 is 5.32 Å². The molecule has 0 saturated carbocycles. The first-order valence-corrected chi connectivity index (χ1v) is 9.39. The molecule has 1 N–H and O–H groups in total. The normalized spacial score (nSPS) is 11.8. The minimum absolute atomic E-state index is 0.774. The summed E-state index contributed by atoms with van der Waals surface area (Å²) < 4.78 is 2.14. The van der Waals surface area contributed by atoms with Crippen molar-refractivity contribution in [1.82, 2.24) is 19.7 Å². The van der Waals surface area contributed by atoms with Crippen molar-refractivity contribution >= 4 is 5.96 Å². The van der Waals surface area contributed by atoms with Gasteiger partial charge in [0, 0.05) is 46.1 Å². The molecule has 0 fully saturated rings. The monoisotopic (exact) mass is 355 g/mol. The number of benzene rings is 1. The fraction of sp³-hybridized carbons (Fsp3) is 0.476. The van der Waals surface area contributed by atoms with Crippen molar-refractivity contribution in [3.05, 3.63) is 59.4 Å². The Labute approximate surface area is 158 Å². The van der Waals surface area contributed by atoms with E-state index < -0.39 is 0 Å². The van der Waals surface area contributed by atoms with Gasteiger partial charge in [-0.3, -0.25) is 9.89 Å². The van der Waals surface area contributed by atoms with Gasteiger partial charge in [0.15, 0.2) is 5.96 Å². The van der Waals surface area contributed by atoms with Crippen LogP contribution in [0.2, 0.25) is 0 Å². The molecule has 0 aliphatic heterocycles. The standard InChI is InChI=1S/C21H33N5/c1-6-26(7-2)16-19-11-8-10-18(14-19)15-23-21(22-3)25(5)17-20-12-9-13-24(20)4/h8-14H,6-7,15-17H2,1-5H3,(H,22,23). The number of aliphatic imine (C=N–C) groups is 1. The molecule has 0 atom stereocenters. The number of guanidine groups is 1. The van der Waals surface area contributed by atoms with Crippen LogP contribution in [0.1, 0.15) is 30.7 Å². The van der Waals surface area contributed by atoms with Gasteiger partial charge in [0.2, 0.25) is 0 Å². The zero-order valence-corrected chi connectivity index (χ0v) is 16.9. The zero-order valence-electron chi connectivity index (χ0n) is 16.9. The maximum atomic E-state index is 4.42. The van der Waals surface area contributed by atoms with Gasteiger partial charge in [-0.25, -0.2) is 0 Å². The Morgan fingerprint density at radius 1 is 1.08 bits per heavy atom. The average molecular weight is 356 g/mol. The van der Waals surface area contributed by atoms with E-state index in [4.69, 9.17) is 0 Å². The number of hydrogen-bond acceptors (Lipinski definition) is 2. The Bertz CT molecular complexity index is 700. The summed E-state index contributed by atoms with van der Waals surface area (Å²) in [6.07, 6.45) is 2.07. The molecule has 2 aromatic rings. The Morgan fingerprint density at radius 2 is 1.81 bits per heavy atom. The number of aryl methyl sites for hydroxylation is 1. The minimum atomic E-state index is 0.774. The van der Waals surface area contributed by atoms with Crippen LogP contribution in [0.5, 0.6) is 0 Å². The second-order valence-electron chi connectivity index (χ2n) is 6.65. The van der Waals surface area contributed by atoms with Gasteiger partial charge >= 0.3 is 0 Å². The van der Waals surface area contributed by atoms with Crippen LogP contribution in [-0.4, -0.2) is 47.5 Å². The van der Waals surface area contributed by atoms with Gasteiger partial charge in [-0.1, -0.05) is 38.1 Å². The lowest BCUT2D eigenvalue weighted by atomic mass is 10.1. The van der Waals surface area contributed by atoms with E-state index >= 15 is 0 Å². The van der Waals surface area contributed by atoms with Crippen molar-refractivity contribution in [2.24, 2.45) is 12.0 Å². The third kappa shape index (κ3) is 5.63. The van der Waals surface area contributed by atoms with E-state index in [2.05, 4.69) is 95.2 Å². The van der Waals surface area contributed by atoms with Gasteiger partial charge in [-0.05, 0) is 36.3 Å². The van der Waals surface area contributed by atoms with Crippen molar-refractivity contribution in [2.75, 3.05) is 27.2 Å². The molecule has 5 nitrogen and oxygen atoms in total. The van der Waals surface area contributed by atoms with Gasteiger partial charge in [0.1, 0.15) is 0 Å². The zero-order chi connectivity index (χ0) is 18.9. The molecule has 1 aromatic carbocycles. The molecule has 0 bridgehead atoms. The fourth-order valence-electron chi connectivity index (χ4n) is 3.09. The Hall–Kier alpha value is -2.27. The van der Waals surface area contributed by atoms with E-state index in [0.717, 1.165) is 38.7 Å². The topological polar surface area (TPSA) is 35.8 Å². The molecule has 0 aliphatic carbocycles. The summed E-state index contributed by atoms with van der Waals surface area (Å²) in [5, 5.41) is 3.48. The van der Waals surface area contributed by atoms with Crippen LogP contribution >= 0.6 is 0 Å². The third-order valence-corrected chi connectivity index (χ3v) is 4.77. The van der Waals surface area contributed by atoms with Crippen molar-refractivity contribution < 1.29 is 0 Å². The van der Waals surface area contributed by atoms with E-state index in [-0.39, 0.29) is 0 Å². The highest BCUT2D eigenvalue weighted by atomic mass is 15.3. The van der Waals surface area contributed by atoms with E-state index in [9.17, 15) is 0 Å². The SMILES string of the molecule is CCN(CC)Cc1cccc(CNC(=NC)N(C)Cc2cccn2C)c1. The molecule has 0 unspecified atom stereocenters. The molecule has 1 aromatic heterocycles. The van der Waals surface area contributed by atoms with Crippen molar-refractivity contribution in [3.8, 4) is 0 Å². The van der Waals surface area contributed by atoms with Gasteiger partial charge in [-0.2, -0.15) is 0 Å². The molecule has 0 radical (unpaired) electrons. The van der Waals surface area contributed by atoms with Gasteiger partial charge in [0.25, 0.3) is 0 Å². The fourth-order valence-corrected chi connectivity index (χ4v) is 3.09. The summed E-state index contributed by atoms with van der Waals surface area (Å²) >= 11 is 0. The molecule has 0 saturated heterocycles.